The van der Waals surface area contributed by atoms with Crippen molar-refractivity contribution in [2.45, 2.75) is 20.4 Å². The van der Waals surface area contributed by atoms with E-state index >= 15 is 0 Å². The third-order valence-electron chi connectivity index (χ3n) is 3.56. The minimum atomic E-state index is 0.793. The molecular weight excluding hydrogens is 252 g/mol. The van der Waals surface area contributed by atoms with E-state index in [1.165, 1.54) is 11.1 Å². The number of hydrogen-bond donors (Lipinski definition) is 1. The molecule has 20 heavy (non-hydrogen) atoms. The first kappa shape index (κ1) is 13.2. The van der Waals surface area contributed by atoms with Gasteiger partial charge in [-0.25, -0.2) is 0 Å². The summed E-state index contributed by atoms with van der Waals surface area (Å²) in [5, 5.41) is 15.5. The summed E-state index contributed by atoms with van der Waals surface area (Å²) < 4.78 is 1.85. The number of piperazine rings is 1. The summed E-state index contributed by atoms with van der Waals surface area (Å²) in [6.07, 6.45) is 0. The van der Waals surface area contributed by atoms with E-state index in [9.17, 15) is 0 Å². The smallest absolute Gasteiger partial charge is 0.170 e. The van der Waals surface area contributed by atoms with Crippen LogP contribution in [0.25, 0.3) is 5.69 Å². The molecule has 1 fully saturated rings. The molecule has 6 heteroatoms. The molecule has 1 aromatic heterocycles. The van der Waals surface area contributed by atoms with Crippen LogP contribution in [-0.2, 0) is 6.54 Å². The Morgan fingerprint density at radius 3 is 2.50 bits per heavy atom. The quantitative estimate of drug-likeness (QED) is 0.890. The molecule has 0 bridgehead atoms. The predicted octanol–water partition coefficient (Wildman–Crippen LogP) is 0.684. The van der Waals surface area contributed by atoms with Gasteiger partial charge in [-0.3, -0.25) is 4.90 Å². The summed E-state index contributed by atoms with van der Waals surface area (Å²) in [5.74, 6) is 0.900. The van der Waals surface area contributed by atoms with Crippen LogP contribution in [0.3, 0.4) is 0 Å². The summed E-state index contributed by atoms with van der Waals surface area (Å²) >= 11 is 0. The second kappa shape index (κ2) is 5.68. The number of rotatable bonds is 3. The van der Waals surface area contributed by atoms with Gasteiger partial charge in [-0.05, 0) is 47.5 Å². The number of nitrogens with one attached hydrogen (secondary N) is 1. The van der Waals surface area contributed by atoms with Gasteiger partial charge < -0.3 is 5.32 Å². The summed E-state index contributed by atoms with van der Waals surface area (Å²) in [6.45, 7) is 9.13. The van der Waals surface area contributed by atoms with Crippen molar-refractivity contribution < 1.29 is 0 Å². The standard InChI is InChI=1S/C14H20N6/c1-11-7-12(2)9-13(8-11)20-14(16-17-18-20)10-19-5-3-15-4-6-19/h7-9,15H,3-6,10H2,1-2H3. The van der Waals surface area contributed by atoms with E-state index in [1.807, 2.05) is 4.68 Å². The zero-order valence-corrected chi connectivity index (χ0v) is 12.0. The fraction of sp³-hybridized carbons (Fsp3) is 0.500. The van der Waals surface area contributed by atoms with Crippen molar-refractivity contribution in [2.75, 3.05) is 26.2 Å². The zero-order valence-electron chi connectivity index (χ0n) is 12.0. The lowest BCUT2D eigenvalue weighted by molar-refractivity contribution is 0.226. The SMILES string of the molecule is Cc1cc(C)cc(-n2nnnc2CN2CCNCC2)c1. The number of tetrazole rings is 1. The fourth-order valence-electron chi connectivity index (χ4n) is 2.65. The highest BCUT2D eigenvalue weighted by molar-refractivity contribution is 5.39. The van der Waals surface area contributed by atoms with Gasteiger partial charge in [0, 0.05) is 26.2 Å². The van der Waals surface area contributed by atoms with Gasteiger partial charge in [0.15, 0.2) is 5.82 Å². The molecule has 6 nitrogen and oxygen atoms in total. The Morgan fingerprint density at radius 1 is 1.10 bits per heavy atom. The molecule has 2 heterocycles. The Balaban J connectivity index is 1.85. The van der Waals surface area contributed by atoms with Crippen LogP contribution in [0.2, 0.25) is 0 Å². The van der Waals surface area contributed by atoms with E-state index in [2.05, 4.69) is 57.8 Å². The molecule has 0 radical (unpaired) electrons. The molecule has 1 aromatic carbocycles. The van der Waals surface area contributed by atoms with Crippen molar-refractivity contribution in [3.8, 4) is 5.69 Å². The Morgan fingerprint density at radius 2 is 1.80 bits per heavy atom. The van der Waals surface area contributed by atoms with E-state index in [4.69, 9.17) is 0 Å². The van der Waals surface area contributed by atoms with Gasteiger partial charge in [-0.15, -0.1) is 5.10 Å². The Kier molecular flexibility index (Phi) is 3.75. The van der Waals surface area contributed by atoms with E-state index in [0.717, 1.165) is 44.2 Å². The number of benzene rings is 1. The summed E-state index contributed by atoms with van der Waals surface area (Å²) in [5.41, 5.74) is 3.49. The summed E-state index contributed by atoms with van der Waals surface area (Å²) in [6, 6.07) is 6.39. The third kappa shape index (κ3) is 2.86. The average molecular weight is 272 g/mol. The second-order valence-corrected chi connectivity index (χ2v) is 5.38. The highest BCUT2D eigenvalue weighted by Gasteiger charge is 2.15. The van der Waals surface area contributed by atoms with Crippen LogP contribution < -0.4 is 5.32 Å². The molecule has 1 saturated heterocycles. The first-order valence-corrected chi connectivity index (χ1v) is 7.01. The highest BCUT2D eigenvalue weighted by Crippen LogP contribution is 2.14. The lowest BCUT2D eigenvalue weighted by Gasteiger charge is -2.26. The van der Waals surface area contributed by atoms with Crippen molar-refractivity contribution in [2.24, 2.45) is 0 Å². The van der Waals surface area contributed by atoms with Crippen LogP contribution in [0, 0.1) is 13.8 Å². The monoisotopic (exact) mass is 272 g/mol. The Bertz CT molecular complexity index is 565. The van der Waals surface area contributed by atoms with E-state index in [-0.39, 0.29) is 0 Å². The number of hydrogen-bond acceptors (Lipinski definition) is 5. The van der Waals surface area contributed by atoms with Gasteiger partial charge in [0.2, 0.25) is 0 Å². The molecule has 1 aliphatic heterocycles. The van der Waals surface area contributed by atoms with Crippen molar-refractivity contribution in [1.82, 2.24) is 30.4 Å². The second-order valence-electron chi connectivity index (χ2n) is 5.38. The first-order valence-electron chi connectivity index (χ1n) is 7.01. The minimum absolute atomic E-state index is 0.793. The van der Waals surface area contributed by atoms with Crippen LogP contribution in [-0.4, -0.2) is 51.3 Å². The lowest BCUT2D eigenvalue weighted by atomic mass is 10.1. The number of aromatic nitrogens is 4. The lowest BCUT2D eigenvalue weighted by Crippen LogP contribution is -2.43. The predicted molar refractivity (Wildman–Crippen MR) is 76.8 cm³/mol. The molecule has 1 N–H and O–H groups in total. The fourth-order valence-corrected chi connectivity index (χ4v) is 2.65. The largest absolute Gasteiger partial charge is 0.314 e. The van der Waals surface area contributed by atoms with Crippen LogP contribution in [0.15, 0.2) is 18.2 Å². The van der Waals surface area contributed by atoms with Crippen LogP contribution in [0.5, 0.6) is 0 Å². The van der Waals surface area contributed by atoms with E-state index < -0.39 is 0 Å². The van der Waals surface area contributed by atoms with Gasteiger partial charge in [0.1, 0.15) is 0 Å². The minimum Gasteiger partial charge on any atom is -0.314 e. The van der Waals surface area contributed by atoms with Crippen molar-refractivity contribution in [1.29, 1.82) is 0 Å². The third-order valence-corrected chi connectivity index (χ3v) is 3.56. The number of aryl methyl sites for hydroxylation is 2. The molecule has 0 saturated carbocycles. The molecule has 1 aliphatic rings. The maximum absolute atomic E-state index is 4.19. The molecule has 0 unspecified atom stereocenters. The summed E-state index contributed by atoms with van der Waals surface area (Å²) in [7, 11) is 0. The molecular formula is C14H20N6. The van der Waals surface area contributed by atoms with E-state index in [1.54, 1.807) is 0 Å². The van der Waals surface area contributed by atoms with E-state index in [0.29, 0.717) is 0 Å². The van der Waals surface area contributed by atoms with Crippen molar-refractivity contribution in [3.05, 3.63) is 35.2 Å². The topological polar surface area (TPSA) is 58.9 Å². The van der Waals surface area contributed by atoms with Crippen LogP contribution >= 0.6 is 0 Å². The Hall–Kier alpha value is -1.79. The average Bonchev–Trinajstić information content (AvgIpc) is 2.87. The van der Waals surface area contributed by atoms with Gasteiger partial charge in [-0.2, -0.15) is 4.68 Å². The van der Waals surface area contributed by atoms with Gasteiger partial charge in [0.25, 0.3) is 0 Å². The molecule has 3 rings (SSSR count). The maximum Gasteiger partial charge on any atom is 0.170 e. The first-order chi connectivity index (χ1) is 9.72. The highest BCUT2D eigenvalue weighted by atomic mass is 15.5. The molecule has 0 aliphatic carbocycles. The molecule has 0 amide bonds. The summed E-state index contributed by atoms with van der Waals surface area (Å²) in [4.78, 5) is 2.38. The van der Waals surface area contributed by atoms with Crippen molar-refractivity contribution in [3.63, 3.8) is 0 Å². The number of nitrogens with zero attached hydrogens (tertiary/aromatic N) is 5. The molecule has 2 aromatic rings. The molecule has 0 atom stereocenters. The van der Waals surface area contributed by atoms with Crippen LogP contribution in [0.4, 0.5) is 0 Å². The van der Waals surface area contributed by atoms with Gasteiger partial charge >= 0.3 is 0 Å². The van der Waals surface area contributed by atoms with Gasteiger partial charge in [0.05, 0.1) is 12.2 Å². The maximum atomic E-state index is 4.19. The van der Waals surface area contributed by atoms with Crippen LogP contribution in [0.1, 0.15) is 17.0 Å². The Labute approximate surface area is 118 Å². The van der Waals surface area contributed by atoms with Gasteiger partial charge in [-0.1, -0.05) is 6.07 Å². The van der Waals surface area contributed by atoms with Crippen molar-refractivity contribution >= 4 is 0 Å². The normalized spacial score (nSPS) is 16.5. The zero-order chi connectivity index (χ0) is 13.9. The molecule has 106 valence electrons. The molecule has 0 spiro atoms.